The van der Waals surface area contributed by atoms with Crippen molar-refractivity contribution in [1.29, 1.82) is 0 Å². The molecule has 1 aromatic carbocycles. The number of benzene rings is 1. The van der Waals surface area contributed by atoms with Crippen LogP contribution in [0, 0.1) is 6.92 Å². The molecule has 2 aromatic rings. The monoisotopic (exact) mass is 287 g/mol. The van der Waals surface area contributed by atoms with Crippen LogP contribution < -0.4 is 0 Å². The number of rotatable bonds is 2. The number of nitrogens with zero attached hydrogens (tertiary/aromatic N) is 1. The number of carboxylic acids is 1. The van der Waals surface area contributed by atoms with Crippen LogP contribution in [-0.4, -0.2) is 15.6 Å². The molecule has 0 saturated carbocycles. The minimum atomic E-state index is -0.862. The highest BCUT2D eigenvalue weighted by Gasteiger charge is 2.25. The van der Waals surface area contributed by atoms with Crippen molar-refractivity contribution in [2.45, 2.75) is 52.9 Å². The molecule has 0 atom stereocenters. The lowest BCUT2D eigenvalue weighted by atomic mass is 9.83. The predicted octanol–water partition coefficient (Wildman–Crippen LogP) is 4.61. The van der Waals surface area contributed by atoms with E-state index in [1.165, 1.54) is 11.3 Å². The molecular formula is C18H25NO2. The second kappa shape index (κ2) is 4.90. The van der Waals surface area contributed by atoms with Crippen LogP contribution in [0.3, 0.4) is 0 Å². The molecule has 1 N–H and O–H groups in total. The summed E-state index contributed by atoms with van der Waals surface area (Å²) in [5.74, 6) is -0.496. The van der Waals surface area contributed by atoms with E-state index in [1.807, 2.05) is 12.1 Å². The molecule has 0 bridgehead atoms. The first kappa shape index (κ1) is 15.6. The molecule has 0 saturated heterocycles. The van der Waals surface area contributed by atoms with Crippen molar-refractivity contribution in [2.75, 3.05) is 0 Å². The Hall–Kier alpha value is -1.77. The van der Waals surface area contributed by atoms with E-state index in [1.54, 1.807) is 0 Å². The standard InChI is InChI=1S/C18H25NO2/c1-10(2)15-11(3)19(7)16-13(15)8-12(17(20)21)9-14(16)18(4,5)6/h8-10H,1-7H3,(H,20,21). The van der Waals surface area contributed by atoms with Crippen LogP contribution in [0.2, 0.25) is 0 Å². The van der Waals surface area contributed by atoms with E-state index in [0.717, 1.165) is 16.5 Å². The average Bonchev–Trinajstić information content (AvgIpc) is 2.59. The lowest BCUT2D eigenvalue weighted by molar-refractivity contribution is 0.0697. The van der Waals surface area contributed by atoms with Crippen LogP contribution in [0.15, 0.2) is 12.1 Å². The number of carboxylic acid groups (broad SMARTS) is 1. The number of carbonyl (C=O) groups is 1. The first-order valence-electron chi connectivity index (χ1n) is 7.42. The lowest BCUT2D eigenvalue weighted by Crippen LogP contribution is -2.14. The average molecular weight is 287 g/mol. The van der Waals surface area contributed by atoms with E-state index in [9.17, 15) is 9.90 Å². The summed E-state index contributed by atoms with van der Waals surface area (Å²) < 4.78 is 2.21. The van der Waals surface area contributed by atoms with Crippen molar-refractivity contribution in [3.63, 3.8) is 0 Å². The molecule has 0 radical (unpaired) electrons. The zero-order valence-corrected chi connectivity index (χ0v) is 14.0. The van der Waals surface area contributed by atoms with Gasteiger partial charge >= 0.3 is 5.97 Å². The van der Waals surface area contributed by atoms with Gasteiger partial charge < -0.3 is 9.67 Å². The maximum absolute atomic E-state index is 11.5. The van der Waals surface area contributed by atoms with Gasteiger partial charge in [0.05, 0.1) is 11.1 Å². The van der Waals surface area contributed by atoms with Gasteiger partial charge in [0.15, 0.2) is 0 Å². The maximum Gasteiger partial charge on any atom is 0.335 e. The van der Waals surface area contributed by atoms with Crippen LogP contribution in [0.4, 0.5) is 0 Å². The number of hydrogen-bond donors (Lipinski definition) is 1. The molecule has 0 spiro atoms. The summed E-state index contributed by atoms with van der Waals surface area (Å²) in [5.41, 5.74) is 4.99. The Bertz CT molecular complexity index is 715. The summed E-state index contributed by atoms with van der Waals surface area (Å²) in [6.07, 6.45) is 0. The molecule has 0 aliphatic rings. The minimum Gasteiger partial charge on any atom is -0.478 e. The Morgan fingerprint density at radius 3 is 2.24 bits per heavy atom. The van der Waals surface area contributed by atoms with Gasteiger partial charge in [-0.1, -0.05) is 34.6 Å². The first-order valence-corrected chi connectivity index (χ1v) is 7.42. The highest BCUT2D eigenvalue weighted by atomic mass is 16.4. The van der Waals surface area contributed by atoms with Gasteiger partial charge in [-0.2, -0.15) is 0 Å². The van der Waals surface area contributed by atoms with Crippen molar-refractivity contribution < 1.29 is 9.90 Å². The third-order valence-corrected chi connectivity index (χ3v) is 4.26. The van der Waals surface area contributed by atoms with Gasteiger partial charge in [0, 0.05) is 18.1 Å². The number of fused-ring (bicyclic) bond motifs is 1. The van der Waals surface area contributed by atoms with Crippen LogP contribution in [0.1, 0.15) is 67.7 Å². The van der Waals surface area contributed by atoms with Crippen molar-refractivity contribution in [2.24, 2.45) is 7.05 Å². The van der Waals surface area contributed by atoms with E-state index in [0.29, 0.717) is 11.5 Å². The lowest BCUT2D eigenvalue weighted by Gasteiger charge is -2.22. The molecular weight excluding hydrogens is 262 g/mol. The van der Waals surface area contributed by atoms with Gasteiger partial charge in [0.25, 0.3) is 0 Å². The van der Waals surface area contributed by atoms with Crippen molar-refractivity contribution >= 4 is 16.9 Å². The van der Waals surface area contributed by atoms with Gasteiger partial charge in [-0.3, -0.25) is 0 Å². The Kier molecular flexibility index (Phi) is 3.64. The Morgan fingerprint density at radius 2 is 1.81 bits per heavy atom. The van der Waals surface area contributed by atoms with Crippen LogP contribution in [0.5, 0.6) is 0 Å². The Labute approximate surface area is 126 Å². The van der Waals surface area contributed by atoms with Gasteiger partial charge in [-0.15, -0.1) is 0 Å². The van der Waals surface area contributed by atoms with Gasteiger partial charge in [-0.05, 0) is 41.5 Å². The van der Waals surface area contributed by atoms with E-state index in [-0.39, 0.29) is 5.41 Å². The molecule has 0 fully saturated rings. The molecule has 1 heterocycles. The quantitative estimate of drug-likeness (QED) is 0.876. The number of aryl methyl sites for hydroxylation is 1. The fourth-order valence-electron chi connectivity index (χ4n) is 3.17. The second-order valence-corrected chi connectivity index (χ2v) is 7.19. The normalized spacial score (nSPS) is 12.4. The van der Waals surface area contributed by atoms with Gasteiger partial charge in [0.2, 0.25) is 0 Å². The molecule has 0 amide bonds. The zero-order chi connectivity index (χ0) is 16.1. The summed E-state index contributed by atoms with van der Waals surface area (Å²) in [4.78, 5) is 11.5. The Morgan fingerprint density at radius 1 is 1.24 bits per heavy atom. The number of aromatic carboxylic acids is 1. The maximum atomic E-state index is 11.5. The molecule has 21 heavy (non-hydrogen) atoms. The Balaban J connectivity index is 3.02. The third kappa shape index (κ3) is 2.45. The molecule has 0 aliphatic carbocycles. The van der Waals surface area contributed by atoms with Gasteiger partial charge in [0.1, 0.15) is 0 Å². The molecule has 114 valence electrons. The fourth-order valence-corrected chi connectivity index (χ4v) is 3.17. The van der Waals surface area contributed by atoms with Crippen LogP contribution in [-0.2, 0) is 12.5 Å². The summed E-state index contributed by atoms with van der Waals surface area (Å²) >= 11 is 0. The minimum absolute atomic E-state index is 0.101. The third-order valence-electron chi connectivity index (χ3n) is 4.26. The summed E-state index contributed by atoms with van der Waals surface area (Å²) in [5, 5.41) is 10.5. The van der Waals surface area contributed by atoms with Crippen molar-refractivity contribution in [3.8, 4) is 0 Å². The number of aromatic nitrogens is 1. The zero-order valence-electron chi connectivity index (χ0n) is 14.0. The van der Waals surface area contributed by atoms with Crippen molar-refractivity contribution in [3.05, 3.63) is 34.5 Å². The summed E-state index contributed by atoms with van der Waals surface area (Å²) in [6, 6.07) is 3.66. The SMILES string of the molecule is Cc1c(C(C)C)c2cc(C(=O)O)cc(C(C)(C)C)c2n1C. The first-order chi connectivity index (χ1) is 9.55. The van der Waals surface area contributed by atoms with E-state index < -0.39 is 5.97 Å². The molecule has 0 aliphatic heterocycles. The van der Waals surface area contributed by atoms with E-state index in [4.69, 9.17) is 0 Å². The summed E-state index contributed by atoms with van der Waals surface area (Å²) in [6.45, 7) is 12.8. The highest BCUT2D eigenvalue weighted by Crippen LogP contribution is 2.38. The summed E-state index contributed by atoms with van der Waals surface area (Å²) in [7, 11) is 2.07. The molecule has 0 unspecified atom stereocenters. The highest BCUT2D eigenvalue weighted by molar-refractivity contribution is 5.97. The van der Waals surface area contributed by atoms with Crippen molar-refractivity contribution in [1.82, 2.24) is 4.57 Å². The largest absolute Gasteiger partial charge is 0.478 e. The molecule has 3 nitrogen and oxygen atoms in total. The number of hydrogen-bond acceptors (Lipinski definition) is 1. The van der Waals surface area contributed by atoms with Gasteiger partial charge in [-0.25, -0.2) is 4.79 Å². The smallest absolute Gasteiger partial charge is 0.335 e. The predicted molar refractivity (Wildman–Crippen MR) is 87.4 cm³/mol. The van der Waals surface area contributed by atoms with Crippen LogP contribution in [0.25, 0.3) is 10.9 Å². The molecule has 1 aromatic heterocycles. The topological polar surface area (TPSA) is 42.2 Å². The van der Waals surface area contributed by atoms with E-state index >= 15 is 0 Å². The van der Waals surface area contributed by atoms with E-state index in [2.05, 4.69) is 53.2 Å². The molecule has 2 rings (SSSR count). The molecule has 3 heteroatoms. The second-order valence-electron chi connectivity index (χ2n) is 7.19. The van der Waals surface area contributed by atoms with Crippen LogP contribution >= 0.6 is 0 Å². The fraction of sp³-hybridized carbons (Fsp3) is 0.500.